The van der Waals surface area contributed by atoms with Gasteiger partial charge in [0, 0.05) is 63.1 Å². The number of ether oxygens (including phenoxy) is 1. The Morgan fingerprint density at radius 2 is 1.95 bits per heavy atom. The lowest BCUT2D eigenvalue weighted by molar-refractivity contribution is 0.0827. The van der Waals surface area contributed by atoms with Crippen LogP contribution in [0.2, 0.25) is 5.02 Å². The second-order valence-electron chi connectivity index (χ2n) is 9.27. The standard InChI is InChI=1S/C28H26ClN5O3/c1-16-11-18(28(35)34(3)4)14-32-26(16)24-13-23-27(37-24)25(20(29)15-31-23)17-5-6-21(22(12-17)30-2)33-19-7-9-36-10-8-19/h5-6,11-15,19,33H,7-10H2,1,3-4H3. The van der Waals surface area contributed by atoms with E-state index in [1.165, 1.54) is 4.90 Å². The molecule has 0 atom stereocenters. The zero-order chi connectivity index (χ0) is 26.1. The summed E-state index contributed by atoms with van der Waals surface area (Å²) in [5.41, 5.74) is 5.79. The predicted molar refractivity (Wildman–Crippen MR) is 144 cm³/mol. The van der Waals surface area contributed by atoms with E-state index in [4.69, 9.17) is 27.3 Å². The molecule has 4 aromatic rings. The Morgan fingerprint density at radius 1 is 1.16 bits per heavy atom. The number of furan rings is 1. The Bertz CT molecular complexity index is 1530. The molecule has 1 N–H and O–H groups in total. The maximum Gasteiger partial charge on any atom is 0.254 e. The van der Waals surface area contributed by atoms with Crippen LogP contribution in [0.15, 0.2) is 47.1 Å². The SMILES string of the molecule is [C-]#[N+]c1cc(-c2c(Cl)cnc3cc(-c4ncc(C(=O)N(C)C)cc4C)oc23)ccc1NC1CCOCC1. The molecule has 5 rings (SSSR count). The number of hydrogen-bond acceptors (Lipinski definition) is 6. The van der Waals surface area contributed by atoms with Crippen LogP contribution < -0.4 is 5.32 Å². The number of amides is 1. The van der Waals surface area contributed by atoms with Crippen LogP contribution in [-0.2, 0) is 4.74 Å². The van der Waals surface area contributed by atoms with E-state index in [2.05, 4.69) is 20.1 Å². The summed E-state index contributed by atoms with van der Waals surface area (Å²) < 4.78 is 11.7. The quantitative estimate of drug-likeness (QED) is 0.311. The van der Waals surface area contributed by atoms with E-state index in [9.17, 15) is 4.79 Å². The molecular weight excluding hydrogens is 490 g/mol. The molecule has 1 saturated heterocycles. The lowest BCUT2D eigenvalue weighted by atomic mass is 10.0. The van der Waals surface area contributed by atoms with E-state index in [-0.39, 0.29) is 11.9 Å². The van der Waals surface area contributed by atoms with Crippen LogP contribution in [0, 0.1) is 13.5 Å². The summed E-state index contributed by atoms with van der Waals surface area (Å²) >= 11 is 6.61. The number of anilines is 1. The zero-order valence-corrected chi connectivity index (χ0v) is 21.6. The Labute approximate surface area is 220 Å². The number of carbonyl (C=O) groups is 1. The lowest BCUT2D eigenvalue weighted by Crippen LogP contribution is -2.27. The van der Waals surface area contributed by atoms with Gasteiger partial charge in [-0.05, 0) is 49.1 Å². The summed E-state index contributed by atoms with van der Waals surface area (Å²) in [6.45, 7) is 11.1. The minimum Gasteiger partial charge on any atom is -0.452 e. The molecular formula is C28H26ClN5O3. The van der Waals surface area contributed by atoms with Gasteiger partial charge in [0.1, 0.15) is 11.2 Å². The molecule has 0 radical (unpaired) electrons. The average molecular weight is 516 g/mol. The molecule has 0 spiro atoms. The number of fused-ring (bicyclic) bond motifs is 1. The smallest absolute Gasteiger partial charge is 0.254 e. The van der Waals surface area contributed by atoms with E-state index in [1.807, 2.05) is 31.2 Å². The third-order valence-corrected chi connectivity index (χ3v) is 6.73. The molecule has 37 heavy (non-hydrogen) atoms. The lowest BCUT2D eigenvalue weighted by Gasteiger charge is -2.25. The van der Waals surface area contributed by atoms with Gasteiger partial charge in [-0.15, -0.1) is 0 Å². The van der Waals surface area contributed by atoms with Gasteiger partial charge < -0.3 is 19.4 Å². The highest BCUT2D eigenvalue weighted by Gasteiger charge is 2.20. The van der Waals surface area contributed by atoms with Crippen molar-refractivity contribution >= 4 is 40.0 Å². The van der Waals surface area contributed by atoms with Gasteiger partial charge in [0.15, 0.2) is 11.3 Å². The van der Waals surface area contributed by atoms with Crippen molar-refractivity contribution in [2.45, 2.75) is 25.8 Å². The Kier molecular flexibility index (Phi) is 6.83. The number of carbonyl (C=O) groups excluding carboxylic acids is 1. The fourth-order valence-electron chi connectivity index (χ4n) is 4.51. The number of hydrogen-bond donors (Lipinski definition) is 1. The van der Waals surface area contributed by atoms with E-state index in [0.29, 0.717) is 44.4 Å². The molecule has 0 unspecified atom stereocenters. The van der Waals surface area contributed by atoms with Crippen LogP contribution in [0.3, 0.4) is 0 Å². The largest absolute Gasteiger partial charge is 0.452 e. The fraction of sp³-hybridized carbons (Fsp3) is 0.286. The summed E-state index contributed by atoms with van der Waals surface area (Å²) in [6.07, 6.45) is 4.94. The topological polar surface area (TPSA) is 84.9 Å². The Hall–Kier alpha value is -3.93. The number of aryl methyl sites for hydroxylation is 1. The molecule has 8 nitrogen and oxygen atoms in total. The monoisotopic (exact) mass is 515 g/mol. The van der Waals surface area contributed by atoms with Crippen molar-refractivity contribution in [2.24, 2.45) is 0 Å². The number of nitrogens with one attached hydrogen (secondary N) is 1. The molecule has 1 amide bonds. The minimum absolute atomic E-state index is 0.118. The summed E-state index contributed by atoms with van der Waals surface area (Å²) in [7, 11) is 3.41. The predicted octanol–water partition coefficient (Wildman–Crippen LogP) is 6.36. The molecule has 0 bridgehead atoms. The van der Waals surface area contributed by atoms with Crippen molar-refractivity contribution < 1.29 is 13.9 Å². The zero-order valence-electron chi connectivity index (χ0n) is 20.8. The van der Waals surface area contributed by atoms with Gasteiger partial charge in [-0.25, -0.2) is 4.85 Å². The average Bonchev–Trinajstić information content (AvgIpc) is 3.33. The molecule has 1 fully saturated rings. The van der Waals surface area contributed by atoms with Crippen LogP contribution >= 0.6 is 11.6 Å². The van der Waals surface area contributed by atoms with E-state index < -0.39 is 0 Å². The summed E-state index contributed by atoms with van der Waals surface area (Å²) in [4.78, 5) is 26.5. The normalized spacial score (nSPS) is 13.9. The first-order valence-electron chi connectivity index (χ1n) is 12.0. The van der Waals surface area contributed by atoms with E-state index >= 15 is 0 Å². The van der Waals surface area contributed by atoms with Crippen molar-refractivity contribution in [3.63, 3.8) is 0 Å². The van der Waals surface area contributed by atoms with Gasteiger partial charge in [0.25, 0.3) is 5.91 Å². The molecule has 1 aliphatic rings. The van der Waals surface area contributed by atoms with Crippen LogP contribution in [-0.4, -0.2) is 54.1 Å². The van der Waals surface area contributed by atoms with Gasteiger partial charge in [-0.3, -0.25) is 14.8 Å². The van der Waals surface area contributed by atoms with Gasteiger partial charge in [0.2, 0.25) is 5.69 Å². The van der Waals surface area contributed by atoms with Gasteiger partial charge in [-0.1, -0.05) is 17.7 Å². The number of rotatable bonds is 5. The third kappa shape index (κ3) is 4.88. The molecule has 3 aromatic heterocycles. The summed E-state index contributed by atoms with van der Waals surface area (Å²) in [5.74, 6) is 0.406. The molecule has 0 aliphatic carbocycles. The van der Waals surface area contributed by atoms with Crippen LogP contribution in [0.25, 0.3) is 38.5 Å². The van der Waals surface area contributed by atoms with E-state index in [0.717, 1.165) is 42.9 Å². The Balaban J connectivity index is 1.53. The molecule has 0 saturated carbocycles. The number of aromatic nitrogens is 2. The number of nitrogens with zero attached hydrogens (tertiary/aromatic N) is 4. The highest BCUT2D eigenvalue weighted by Crippen LogP contribution is 2.41. The molecule has 1 aromatic carbocycles. The second kappa shape index (κ2) is 10.2. The van der Waals surface area contributed by atoms with Crippen molar-refractivity contribution in [1.29, 1.82) is 0 Å². The first kappa shape index (κ1) is 24.8. The van der Waals surface area contributed by atoms with Gasteiger partial charge in [0.05, 0.1) is 17.2 Å². The summed E-state index contributed by atoms with van der Waals surface area (Å²) in [5, 5.41) is 3.91. The number of pyridine rings is 2. The van der Waals surface area contributed by atoms with E-state index in [1.54, 1.807) is 32.6 Å². The molecule has 188 valence electrons. The highest BCUT2D eigenvalue weighted by molar-refractivity contribution is 6.34. The van der Waals surface area contributed by atoms with Crippen molar-refractivity contribution in [3.8, 4) is 22.6 Å². The van der Waals surface area contributed by atoms with Crippen molar-refractivity contribution in [2.75, 3.05) is 32.6 Å². The highest BCUT2D eigenvalue weighted by atomic mass is 35.5. The van der Waals surface area contributed by atoms with Crippen LogP contribution in [0.5, 0.6) is 0 Å². The third-order valence-electron chi connectivity index (χ3n) is 6.45. The maximum absolute atomic E-state index is 12.3. The minimum atomic E-state index is -0.118. The van der Waals surface area contributed by atoms with Crippen molar-refractivity contribution in [3.05, 3.63) is 70.3 Å². The van der Waals surface area contributed by atoms with Gasteiger partial charge in [-0.2, -0.15) is 0 Å². The molecule has 9 heteroatoms. The first-order valence-corrected chi connectivity index (χ1v) is 12.4. The summed E-state index contributed by atoms with van der Waals surface area (Å²) in [6, 6.07) is 9.56. The van der Waals surface area contributed by atoms with Gasteiger partial charge >= 0.3 is 0 Å². The van der Waals surface area contributed by atoms with Crippen LogP contribution in [0.4, 0.5) is 11.4 Å². The van der Waals surface area contributed by atoms with Crippen molar-refractivity contribution in [1.82, 2.24) is 14.9 Å². The Morgan fingerprint density at radius 3 is 2.65 bits per heavy atom. The second-order valence-corrected chi connectivity index (χ2v) is 9.68. The van der Waals surface area contributed by atoms with Crippen LogP contribution in [0.1, 0.15) is 28.8 Å². The first-order chi connectivity index (χ1) is 17.9. The number of halogens is 1. The molecule has 1 aliphatic heterocycles. The maximum atomic E-state index is 12.3. The fourth-order valence-corrected chi connectivity index (χ4v) is 4.76. The number of benzene rings is 1. The molecule has 4 heterocycles.